The van der Waals surface area contributed by atoms with E-state index in [1.54, 1.807) is 32.3 Å². The minimum Gasteiger partial charge on any atom is -0.368 e. The minimum absolute atomic E-state index is 0.0899. The third kappa shape index (κ3) is 4.84. The van der Waals surface area contributed by atoms with Crippen molar-refractivity contribution in [3.63, 3.8) is 0 Å². The summed E-state index contributed by atoms with van der Waals surface area (Å²) >= 11 is 5.84. The summed E-state index contributed by atoms with van der Waals surface area (Å²) in [6.45, 7) is 0.313. The third-order valence-electron chi connectivity index (χ3n) is 3.65. The van der Waals surface area contributed by atoms with Gasteiger partial charge in [0.1, 0.15) is 11.9 Å². The van der Waals surface area contributed by atoms with Crippen molar-refractivity contribution in [1.82, 2.24) is 9.88 Å². The summed E-state index contributed by atoms with van der Waals surface area (Å²) in [5.74, 6) is 0.430. The number of pyridine rings is 1. The maximum Gasteiger partial charge on any atom is 0.416 e. The predicted octanol–water partition coefficient (Wildman–Crippen LogP) is 4.34. The molecule has 0 aliphatic carbocycles. The van der Waals surface area contributed by atoms with Crippen LogP contribution in [-0.4, -0.2) is 30.5 Å². The molecule has 0 fully saturated rings. The van der Waals surface area contributed by atoms with Crippen molar-refractivity contribution in [2.45, 2.75) is 12.2 Å². The summed E-state index contributed by atoms with van der Waals surface area (Å²) in [5, 5.41) is 12.2. The van der Waals surface area contributed by atoms with E-state index < -0.39 is 11.7 Å². The lowest BCUT2D eigenvalue weighted by Gasteiger charge is -2.26. The second-order valence-electron chi connectivity index (χ2n) is 5.62. The molecule has 1 N–H and O–H groups in total. The Hall–Kier alpha value is -2.30. The molecule has 0 bridgehead atoms. The van der Waals surface area contributed by atoms with Crippen LogP contribution in [0, 0.1) is 11.3 Å². The van der Waals surface area contributed by atoms with Crippen LogP contribution in [0.3, 0.4) is 0 Å². The van der Waals surface area contributed by atoms with E-state index in [1.165, 1.54) is 6.07 Å². The molecule has 1 aromatic heterocycles. The molecule has 0 radical (unpaired) electrons. The number of rotatable bonds is 5. The Morgan fingerprint density at radius 1 is 1.28 bits per heavy atom. The molecule has 0 amide bonds. The summed E-state index contributed by atoms with van der Waals surface area (Å²) in [5.41, 5.74) is -0.0674. The Labute approximate surface area is 148 Å². The molecule has 2 aromatic rings. The number of aromatic nitrogens is 1. The summed E-state index contributed by atoms with van der Waals surface area (Å²) in [6, 6.07) is 9.96. The molecule has 0 saturated heterocycles. The predicted molar refractivity (Wildman–Crippen MR) is 90.3 cm³/mol. The highest BCUT2D eigenvalue weighted by Crippen LogP contribution is 2.31. The van der Waals surface area contributed by atoms with E-state index in [2.05, 4.69) is 10.3 Å². The summed E-state index contributed by atoms with van der Waals surface area (Å²) in [4.78, 5) is 5.88. The topological polar surface area (TPSA) is 52.0 Å². The zero-order valence-electron chi connectivity index (χ0n) is 13.6. The number of alkyl halides is 3. The molecule has 2 rings (SSSR count). The number of hydrogen-bond acceptors (Lipinski definition) is 4. The number of anilines is 1. The summed E-state index contributed by atoms with van der Waals surface area (Å²) in [7, 11) is 3.56. The van der Waals surface area contributed by atoms with E-state index in [4.69, 9.17) is 16.9 Å². The number of nitrogens with zero attached hydrogens (tertiary/aromatic N) is 3. The highest BCUT2D eigenvalue weighted by atomic mass is 35.5. The molecular formula is C17H16ClF3N4. The average molecular weight is 369 g/mol. The van der Waals surface area contributed by atoms with Crippen molar-refractivity contribution in [2.24, 2.45) is 0 Å². The van der Waals surface area contributed by atoms with Gasteiger partial charge < -0.3 is 10.2 Å². The number of nitriles is 1. The van der Waals surface area contributed by atoms with Gasteiger partial charge in [0, 0.05) is 6.54 Å². The first-order valence-corrected chi connectivity index (χ1v) is 7.74. The van der Waals surface area contributed by atoms with Gasteiger partial charge in [-0.1, -0.05) is 23.7 Å². The smallest absolute Gasteiger partial charge is 0.368 e. The Morgan fingerprint density at radius 2 is 2.00 bits per heavy atom. The Morgan fingerprint density at radius 3 is 2.60 bits per heavy atom. The van der Waals surface area contributed by atoms with Crippen LogP contribution in [0.15, 0.2) is 36.4 Å². The Kier molecular flexibility index (Phi) is 5.88. The monoisotopic (exact) mass is 368 g/mol. The molecule has 1 heterocycles. The van der Waals surface area contributed by atoms with Gasteiger partial charge in [-0.2, -0.15) is 18.4 Å². The number of hydrogen-bond donors (Lipinski definition) is 1. The Balaban J connectivity index is 2.21. The van der Waals surface area contributed by atoms with Crippen LogP contribution in [0.2, 0.25) is 5.02 Å². The van der Waals surface area contributed by atoms with E-state index in [0.717, 1.165) is 12.1 Å². The average Bonchev–Trinajstić information content (AvgIpc) is 2.55. The highest BCUT2D eigenvalue weighted by Gasteiger charge is 2.31. The van der Waals surface area contributed by atoms with Crippen LogP contribution in [0.25, 0.3) is 0 Å². The van der Waals surface area contributed by atoms with E-state index >= 15 is 0 Å². The fourth-order valence-corrected chi connectivity index (χ4v) is 2.49. The van der Waals surface area contributed by atoms with Crippen LogP contribution < -0.4 is 5.32 Å². The fraction of sp³-hybridized carbons (Fsp3) is 0.294. The standard InChI is InChI=1S/C17H16ClF3N4/c1-25(2)15(11-4-3-5-12(8-11)17(19,20)21)10-23-16-7-6-13(18)14(9-22)24-16/h3-8,15H,10H2,1-2H3,(H,23,24). The van der Waals surface area contributed by atoms with Crippen LogP contribution in [0.4, 0.5) is 19.0 Å². The third-order valence-corrected chi connectivity index (χ3v) is 3.96. The van der Waals surface area contributed by atoms with E-state index in [-0.39, 0.29) is 16.8 Å². The largest absolute Gasteiger partial charge is 0.416 e. The molecule has 132 valence electrons. The van der Waals surface area contributed by atoms with E-state index in [0.29, 0.717) is 17.9 Å². The first-order valence-electron chi connectivity index (χ1n) is 7.36. The van der Waals surface area contributed by atoms with Gasteiger partial charge in [0.05, 0.1) is 16.6 Å². The van der Waals surface area contributed by atoms with Gasteiger partial charge in [0.25, 0.3) is 0 Å². The quantitative estimate of drug-likeness (QED) is 0.853. The first kappa shape index (κ1) is 19.0. The molecule has 1 aromatic carbocycles. The molecular weight excluding hydrogens is 353 g/mol. The molecule has 1 atom stereocenters. The van der Waals surface area contributed by atoms with Crippen molar-refractivity contribution in [3.8, 4) is 6.07 Å². The first-order chi connectivity index (χ1) is 11.7. The number of halogens is 4. The molecule has 25 heavy (non-hydrogen) atoms. The van der Waals surface area contributed by atoms with Crippen molar-refractivity contribution in [3.05, 3.63) is 58.2 Å². The van der Waals surface area contributed by atoms with Crippen LogP contribution in [0.5, 0.6) is 0 Å². The van der Waals surface area contributed by atoms with E-state index in [1.807, 2.05) is 11.0 Å². The fourth-order valence-electron chi connectivity index (χ4n) is 2.34. The molecule has 0 aliphatic heterocycles. The molecule has 0 aliphatic rings. The SMILES string of the molecule is CN(C)C(CNc1ccc(Cl)c(C#N)n1)c1cccc(C(F)(F)F)c1. The molecule has 0 spiro atoms. The lowest BCUT2D eigenvalue weighted by molar-refractivity contribution is -0.137. The molecule has 4 nitrogen and oxygen atoms in total. The maximum atomic E-state index is 12.9. The van der Waals surface area contributed by atoms with Crippen molar-refractivity contribution in [2.75, 3.05) is 26.0 Å². The number of benzene rings is 1. The van der Waals surface area contributed by atoms with Gasteiger partial charge in [-0.25, -0.2) is 4.98 Å². The van der Waals surface area contributed by atoms with Crippen LogP contribution in [0.1, 0.15) is 22.9 Å². The highest BCUT2D eigenvalue weighted by molar-refractivity contribution is 6.31. The van der Waals surface area contributed by atoms with Crippen LogP contribution >= 0.6 is 11.6 Å². The Bertz CT molecular complexity index is 784. The van der Waals surface area contributed by atoms with Gasteiger partial charge in [0.15, 0.2) is 5.69 Å². The maximum absolute atomic E-state index is 12.9. The number of likely N-dealkylation sites (N-methyl/N-ethyl adjacent to an activating group) is 1. The number of nitrogens with one attached hydrogen (secondary N) is 1. The minimum atomic E-state index is -4.39. The van der Waals surface area contributed by atoms with E-state index in [9.17, 15) is 13.2 Å². The molecule has 1 unspecified atom stereocenters. The van der Waals surface area contributed by atoms with Gasteiger partial charge >= 0.3 is 6.18 Å². The normalized spacial score (nSPS) is 12.7. The second kappa shape index (κ2) is 7.72. The van der Waals surface area contributed by atoms with Gasteiger partial charge in [-0.15, -0.1) is 0 Å². The van der Waals surface area contributed by atoms with Gasteiger partial charge in [0.2, 0.25) is 0 Å². The molecule has 0 saturated carbocycles. The zero-order chi connectivity index (χ0) is 18.6. The van der Waals surface area contributed by atoms with Crippen molar-refractivity contribution < 1.29 is 13.2 Å². The molecule has 8 heteroatoms. The van der Waals surface area contributed by atoms with Crippen LogP contribution in [-0.2, 0) is 6.18 Å². The summed E-state index contributed by atoms with van der Waals surface area (Å²) < 4.78 is 38.8. The summed E-state index contributed by atoms with van der Waals surface area (Å²) in [6.07, 6.45) is -4.39. The van der Waals surface area contributed by atoms with Gasteiger partial charge in [-0.05, 0) is 43.9 Å². The zero-order valence-corrected chi connectivity index (χ0v) is 14.4. The lowest BCUT2D eigenvalue weighted by Crippen LogP contribution is -2.27. The second-order valence-corrected chi connectivity index (χ2v) is 6.03. The lowest BCUT2D eigenvalue weighted by atomic mass is 10.0. The van der Waals surface area contributed by atoms with Crippen molar-refractivity contribution >= 4 is 17.4 Å². The van der Waals surface area contributed by atoms with Gasteiger partial charge in [-0.3, -0.25) is 0 Å². The van der Waals surface area contributed by atoms with Crippen molar-refractivity contribution in [1.29, 1.82) is 5.26 Å².